The molecule has 0 saturated heterocycles. The molecule has 1 rings (SSSR count). The first-order valence-corrected chi connectivity index (χ1v) is 8.51. The Morgan fingerprint density at radius 3 is 2.26 bits per heavy atom. The smallest absolute Gasteiger partial charge is 0.0437 e. The number of thioether (sulfide) groups is 1. The lowest BCUT2D eigenvalue weighted by atomic mass is 10.0. The predicted octanol–water partition coefficient (Wildman–Crippen LogP) is 4.81. The molecule has 0 fully saturated rings. The van der Waals surface area contributed by atoms with Crippen LogP contribution in [0.1, 0.15) is 51.3 Å². The number of rotatable bonds is 8. The molecule has 1 N–H and O–H groups in total. The zero-order chi connectivity index (χ0) is 14.3. The first-order valence-electron chi connectivity index (χ1n) is 7.46. The molecule has 1 nitrogen and oxygen atoms in total. The molecule has 0 aliphatic carbocycles. The van der Waals surface area contributed by atoms with Crippen molar-refractivity contribution in [3.05, 3.63) is 35.4 Å². The Labute approximate surface area is 123 Å². The summed E-state index contributed by atoms with van der Waals surface area (Å²) in [6.07, 6.45) is 1.31. The molecule has 1 aromatic carbocycles. The maximum absolute atomic E-state index is 3.64. The fourth-order valence-corrected chi connectivity index (χ4v) is 3.56. The molecule has 2 atom stereocenters. The summed E-state index contributed by atoms with van der Waals surface area (Å²) in [5, 5.41) is 4.25. The van der Waals surface area contributed by atoms with Crippen molar-refractivity contribution in [1.82, 2.24) is 5.32 Å². The Morgan fingerprint density at radius 1 is 1.11 bits per heavy atom. The van der Waals surface area contributed by atoms with Gasteiger partial charge in [0.15, 0.2) is 0 Å². The number of hydrogen-bond donors (Lipinski definition) is 1. The third-order valence-electron chi connectivity index (χ3n) is 3.41. The molecule has 2 heteroatoms. The van der Waals surface area contributed by atoms with E-state index >= 15 is 0 Å². The maximum atomic E-state index is 3.64. The number of aryl methyl sites for hydroxylation is 1. The highest BCUT2D eigenvalue weighted by Crippen LogP contribution is 2.27. The van der Waals surface area contributed by atoms with E-state index in [0.29, 0.717) is 11.3 Å². The summed E-state index contributed by atoms with van der Waals surface area (Å²) in [6.45, 7) is 12.3. The highest BCUT2D eigenvalue weighted by molar-refractivity contribution is 7.99. The van der Waals surface area contributed by atoms with Crippen LogP contribution in [0.4, 0.5) is 0 Å². The normalized spacial score (nSPS) is 14.6. The van der Waals surface area contributed by atoms with Crippen molar-refractivity contribution in [3.63, 3.8) is 0 Å². The maximum Gasteiger partial charge on any atom is 0.0437 e. The average Bonchev–Trinajstić information content (AvgIpc) is 2.36. The van der Waals surface area contributed by atoms with Crippen LogP contribution in [0.15, 0.2) is 24.3 Å². The monoisotopic (exact) mass is 279 g/mol. The molecule has 0 bridgehead atoms. The van der Waals surface area contributed by atoms with Crippen LogP contribution in [0.25, 0.3) is 0 Å². The Bertz CT molecular complexity index is 345. The summed E-state index contributed by atoms with van der Waals surface area (Å²) in [5.74, 6) is 2.06. The Morgan fingerprint density at radius 2 is 1.74 bits per heavy atom. The van der Waals surface area contributed by atoms with E-state index in [0.717, 1.165) is 12.5 Å². The van der Waals surface area contributed by atoms with Crippen molar-refractivity contribution in [2.75, 3.05) is 12.3 Å². The molecule has 0 heterocycles. The topological polar surface area (TPSA) is 12.0 Å². The lowest BCUT2D eigenvalue weighted by Crippen LogP contribution is -2.28. The number of nitrogens with one attached hydrogen (secondary N) is 1. The van der Waals surface area contributed by atoms with Gasteiger partial charge >= 0.3 is 0 Å². The second-order valence-corrected chi connectivity index (χ2v) is 7.19. The predicted molar refractivity (Wildman–Crippen MR) is 89.0 cm³/mol. The van der Waals surface area contributed by atoms with Crippen LogP contribution in [0, 0.1) is 12.8 Å². The van der Waals surface area contributed by atoms with Crippen molar-refractivity contribution in [2.45, 2.75) is 52.3 Å². The summed E-state index contributed by atoms with van der Waals surface area (Å²) in [4.78, 5) is 0. The minimum atomic E-state index is 0.461. The van der Waals surface area contributed by atoms with E-state index < -0.39 is 0 Å². The standard InChI is InChI=1S/C17H29NS/c1-6-18-17(15(5)19-12-11-13(2)3)16-9-7-14(4)8-10-16/h7-10,13,15,17-18H,6,11-12H2,1-5H3. The minimum absolute atomic E-state index is 0.461. The molecule has 1 aromatic rings. The van der Waals surface area contributed by atoms with Gasteiger partial charge in [-0.3, -0.25) is 0 Å². The van der Waals surface area contributed by atoms with Crippen LogP contribution >= 0.6 is 11.8 Å². The van der Waals surface area contributed by atoms with E-state index in [1.807, 2.05) is 0 Å². The van der Waals surface area contributed by atoms with Crippen molar-refractivity contribution < 1.29 is 0 Å². The minimum Gasteiger partial charge on any atom is -0.309 e. The Kier molecular flexibility index (Phi) is 7.55. The van der Waals surface area contributed by atoms with Gasteiger partial charge < -0.3 is 5.32 Å². The van der Waals surface area contributed by atoms with E-state index in [1.54, 1.807) is 0 Å². The highest BCUT2D eigenvalue weighted by Gasteiger charge is 2.18. The van der Waals surface area contributed by atoms with E-state index in [1.165, 1.54) is 23.3 Å². The van der Waals surface area contributed by atoms with Gasteiger partial charge in [0.25, 0.3) is 0 Å². The second kappa shape index (κ2) is 8.65. The lowest BCUT2D eigenvalue weighted by molar-refractivity contribution is 0.546. The zero-order valence-corrected chi connectivity index (χ0v) is 13.9. The zero-order valence-electron chi connectivity index (χ0n) is 13.1. The van der Waals surface area contributed by atoms with Crippen LogP contribution in [-0.2, 0) is 0 Å². The van der Waals surface area contributed by atoms with Crippen LogP contribution in [0.3, 0.4) is 0 Å². The van der Waals surface area contributed by atoms with E-state index in [4.69, 9.17) is 0 Å². The quantitative estimate of drug-likeness (QED) is 0.732. The van der Waals surface area contributed by atoms with Crippen LogP contribution in [0.2, 0.25) is 0 Å². The summed E-state index contributed by atoms with van der Waals surface area (Å²) in [7, 11) is 0. The van der Waals surface area contributed by atoms with Gasteiger partial charge in [-0.1, -0.05) is 57.5 Å². The van der Waals surface area contributed by atoms with Gasteiger partial charge in [0.05, 0.1) is 0 Å². The van der Waals surface area contributed by atoms with Crippen molar-refractivity contribution in [2.24, 2.45) is 5.92 Å². The molecule has 0 saturated carbocycles. The van der Waals surface area contributed by atoms with Crippen LogP contribution in [-0.4, -0.2) is 17.5 Å². The molecule has 0 spiro atoms. The van der Waals surface area contributed by atoms with Gasteiger partial charge in [-0.25, -0.2) is 0 Å². The van der Waals surface area contributed by atoms with Gasteiger partial charge in [-0.2, -0.15) is 11.8 Å². The van der Waals surface area contributed by atoms with Gasteiger partial charge in [-0.05, 0) is 37.1 Å². The molecule has 0 aliphatic heterocycles. The molecule has 0 amide bonds. The van der Waals surface area contributed by atoms with E-state index in [9.17, 15) is 0 Å². The van der Waals surface area contributed by atoms with Crippen LogP contribution < -0.4 is 5.32 Å². The van der Waals surface area contributed by atoms with Gasteiger partial charge in [0.2, 0.25) is 0 Å². The van der Waals surface area contributed by atoms with Gasteiger partial charge in [-0.15, -0.1) is 0 Å². The number of benzene rings is 1. The third-order valence-corrected chi connectivity index (χ3v) is 4.68. The van der Waals surface area contributed by atoms with Crippen molar-refractivity contribution in [3.8, 4) is 0 Å². The first-order chi connectivity index (χ1) is 9.04. The SMILES string of the molecule is CCNC(c1ccc(C)cc1)C(C)SCCC(C)C. The summed E-state index contributed by atoms with van der Waals surface area (Å²) < 4.78 is 0. The highest BCUT2D eigenvalue weighted by atomic mass is 32.2. The van der Waals surface area contributed by atoms with Crippen LogP contribution in [0.5, 0.6) is 0 Å². The second-order valence-electron chi connectivity index (χ2n) is 5.70. The molecule has 0 aromatic heterocycles. The first kappa shape index (κ1) is 16.6. The molecular formula is C17H29NS. The molecule has 0 radical (unpaired) electrons. The molecule has 0 aliphatic rings. The lowest BCUT2D eigenvalue weighted by Gasteiger charge is -2.25. The van der Waals surface area contributed by atoms with Gasteiger partial charge in [0.1, 0.15) is 0 Å². The number of hydrogen-bond acceptors (Lipinski definition) is 2. The molecule has 2 unspecified atom stereocenters. The Balaban J connectivity index is 2.62. The largest absolute Gasteiger partial charge is 0.309 e. The van der Waals surface area contributed by atoms with E-state index in [2.05, 4.69) is 76.0 Å². The van der Waals surface area contributed by atoms with Crippen molar-refractivity contribution in [1.29, 1.82) is 0 Å². The fourth-order valence-electron chi connectivity index (χ4n) is 2.13. The summed E-state index contributed by atoms with van der Waals surface area (Å²) >= 11 is 2.09. The summed E-state index contributed by atoms with van der Waals surface area (Å²) in [5.41, 5.74) is 2.75. The summed E-state index contributed by atoms with van der Waals surface area (Å²) in [6, 6.07) is 9.42. The Hall–Kier alpha value is -0.470. The van der Waals surface area contributed by atoms with E-state index in [-0.39, 0.29) is 0 Å². The molecular weight excluding hydrogens is 250 g/mol. The fraction of sp³-hybridized carbons (Fsp3) is 0.647. The third kappa shape index (κ3) is 6.01. The molecule has 108 valence electrons. The van der Waals surface area contributed by atoms with Crippen molar-refractivity contribution >= 4 is 11.8 Å². The van der Waals surface area contributed by atoms with Gasteiger partial charge in [0, 0.05) is 11.3 Å². The molecule has 19 heavy (non-hydrogen) atoms. The average molecular weight is 279 g/mol.